The van der Waals surface area contributed by atoms with Crippen molar-refractivity contribution >= 4 is 22.6 Å². The van der Waals surface area contributed by atoms with Crippen molar-refractivity contribution in [1.29, 1.82) is 0 Å². The second-order valence-corrected chi connectivity index (χ2v) is 10.8. The van der Waals surface area contributed by atoms with Gasteiger partial charge in [-0.05, 0) is 57.1 Å². The van der Waals surface area contributed by atoms with E-state index in [2.05, 4.69) is 10.3 Å². The van der Waals surface area contributed by atoms with Gasteiger partial charge in [0.25, 0.3) is 6.43 Å². The molecule has 1 aliphatic heterocycles. The fourth-order valence-electron chi connectivity index (χ4n) is 6.10. The summed E-state index contributed by atoms with van der Waals surface area (Å²) in [6.45, 7) is 4.33. The van der Waals surface area contributed by atoms with Crippen molar-refractivity contribution in [2.75, 3.05) is 32.1 Å². The van der Waals surface area contributed by atoms with Crippen molar-refractivity contribution in [2.45, 2.75) is 64.3 Å². The Kier molecular flexibility index (Phi) is 8.16. The average Bonchev–Trinajstić information content (AvgIpc) is 3.43. The SMILES string of the molecule is Cc1nc(N[C@H](C)c2cccc(C(F)F)c2F)c2cc([C@H]3CC[C@H](C(=O)N(C)CCO)CC3)c3c(c2n1)CCO3. The number of rotatable bonds is 8. The monoisotopic (exact) mass is 556 g/mol. The first-order valence-electron chi connectivity index (χ1n) is 13.8. The predicted molar refractivity (Wildman–Crippen MR) is 146 cm³/mol. The number of alkyl halides is 2. The number of hydrogen-bond acceptors (Lipinski definition) is 6. The zero-order valence-corrected chi connectivity index (χ0v) is 23.0. The number of likely N-dealkylation sites (N-methyl/N-ethyl adjacent to an activating group) is 1. The molecule has 1 atom stereocenters. The van der Waals surface area contributed by atoms with Gasteiger partial charge in [-0.2, -0.15) is 0 Å². The van der Waals surface area contributed by atoms with Crippen LogP contribution in [0.15, 0.2) is 24.3 Å². The lowest BCUT2D eigenvalue weighted by molar-refractivity contribution is -0.135. The number of aliphatic hydroxyl groups is 1. The summed E-state index contributed by atoms with van der Waals surface area (Å²) in [5, 5.41) is 13.2. The van der Waals surface area contributed by atoms with Crippen LogP contribution in [-0.2, 0) is 11.2 Å². The number of aromatic nitrogens is 2. The van der Waals surface area contributed by atoms with Crippen LogP contribution in [0.1, 0.15) is 79.1 Å². The number of halogens is 3. The molecule has 5 rings (SSSR count). The van der Waals surface area contributed by atoms with Crippen molar-refractivity contribution in [3.8, 4) is 5.75 Å². The van der Waals surface area contributed by atoms with Crippen LogP contribution in [0.5, 0.6) is 5.75 Å². The fourth-order valence-corrected chi connectivity index (χ4v) is 6.10. The van der Waals surface area contributed by atoms with E-state index in [1.54, 1.807) is 25.8 Å². The van der Waals surface area contributed by atoms with Crippen molar-refractivity contribution in [3.05, 3.63) is 58.2 Å². The quantitative estimate of drug-likeness (QED) is 0.362. The highest BCUT2D eigenvalue weighted by atomic mass is 19.3. The number of hydrogen-bond donors (Lipinski definition) is 2. The molecule has 0 spiro atoms. The number of fused-ring (bicyclic) bond motifs is 3. The van der Waals surface area contributed by atoms with E-state index < -0.39 is 23.8 Å². The van der Waals surface area contributed by atoms with E-state index in [4.69, 9.17) is 9.72 Å². The van der Waals surface area contributed by atoms with Gasteiger partial charge in [-0.25, -0.2) is 23.1 Å². The largest absolute Gasteiger partial charge is 0.493 e. The molecule has 7 nitrogen and oxygen atoms in total. The van der Waals surface area contributed by atoms with Crippen LogP contribution in [-0.4, -0.2) is 52.7 Å². The molecular weight excluding hydrogens is 521 g/mol. The molecular formula is C30H35F3N4O3. The summed E-state index contributed by atoms with van der Waals surface area (Å²) in [7, 11) is 1.72. The van der Waals surface area contributed by atoms with Gasteiger partial charge in [0.05, 0.1) is 30.3 Å². The van der Waals surface area contributed by atoms with Gasteiger partial charge in [0, 0.05) is 42.4 Å². The lowest BCUT2D eigenvalue weighted by atomic mass is 9.77. The number of aryl methyl sites for hydroxylation is 1. The van der Waals surface area contributed by atoms with Crippen LogP contribution in [0.25, 0.3) is 10.9 Å². The summed E-state index contributed by atoms with van der Waals surface area (Å²) in [4.78, 5) is 23.7. The van der Waals surface area contributed by atoms with Crippen molar-refractivity contribution < 1.29 is 27.8 Å². The Morgan fingerprint density at radius 2 is 1.93 bits per heavy atom. The Labute approximate surface area is 231 Å². The molecule has 1 saturated carbocycles. The molecule has 1 aliphatic carbocycles. The number of carbonyl (C=O) groups is 1. The van der Waals surface area contributed by atoms with Gasteiger partial charge in [0.2, 0.25) is 5.91 Å². The van der Waals surface area contributed by atoms with Crippen LogP contribution in [0.2, 0.25) is 0 Å². The van der Waals surface area contributed by atoms with E-state index in [0.717, 1.165) is 59.5 Å². The van der Waals surface area contributed by atoms with Crippen LogP contribution >= 0.6 is 0 Å². The molecule has 0 unspecified atom stereocenters. The van der Waals surface area contributed by atoms with E-state index in [-0.39, 0.29) is 29.9 Å². The molecule has 10 heteroatoms. The minimum Gasteiger partial charge on any atom is -0.493 e. The molecule has 0 saturated heterocycles. The maximum atomic E-state index is 14.9. The standard InChI is InChI=1S/C30H35F3N4O3/c1-16(20-5-4-6-21(25(20)31)28(32)33)34-29-24-15-23(27-22(11-14-40-27)26(24)35-17(2)36-29)18-7-9-19(10-8-18)30(39)37(3)12-13-38/h4-6,15-16,18-19,28,38H,7-14H2,1-3H3,(H,34,35,36)/t16-,18-,19-/m1/s1. The highest BCUT2D eigenvalue weighted by molar-refractivity contribution is 5.94. The molecule has 0 radical (unpaired) electrons. The van der Waals surface area contributed by atoms with E-state index in [9.17, 15) is 23.1 Å². The highest BCUT2D eigenvalue weighted by Gasteiger charge is 2.33. The minimum absolute atomic E-state index is 0.0566. The van der Waals surface area contributed by atoms with Gasteiger partial charge in [-0.15, -0.1) is 0 Å². The van der Waals surface area contributed by atoms with Gasteiger partial charge >= 0.3 is 0 Å². The summed E-state index contributed by atoms with van der Waals surface area (Å²) in [6, 6.07) is 5.46. The molecule has 2 N–H and O–H groups in total. The van der Waals surface area contributed by atoms with Crippen molar-refractivity contribution in [3.63, 3.8) is 0 Å². The van der Waals surface area contributed by atoms with E-state index in [1.165, 1.54) is 12.1 Å². The Balaban J connectivity index is 1.47. The molecule has 40 heavy (non-hydrogen) atoms. The summed E-state index contributed by atoms with van der Waals surface area (Å²) >= 11 is 0. The number of nitrogens with one attached hydrogen (secondary N) is 1. The van der Waals surface area contributed by atoms with Crippen molar-refractivity contribution in [2.24, 2.45) is 5.92 Å². The zero-order chi connectivity index (χ0) is 28.6. The van der Waals surface area contributed by atoms with E-state index in [0.29, 0.717) is 31.2 Å². The predicted octanol–water partition coefficient (Wildman–Crippen LogP) is 5.85. The Bertz CT molecular complexity index is 1410. The van der Waals surface area contributed by atoms with Crippen LogP contribution in [0, 0.1) is 18.7 Å². The van der Waals surface area contributed by atoms with Gasteiger partial charge in [0.15, 0.2) is 0 Å². The van der Waals surface area contributed by atoms with Crippen LogP contribution in [0.3, 0.4) is 0 Å². The molecule has 1 amide bonds. The van der Waals surface area contributed by atoms with Gasteiger partial charge in [0.1, 0.15) is 23.2 Å². The number of nitrogens with zero attached hydrogens (tertiary/aromatic N) is 3. The molecule has 214 valence electrons. The number of carbonyl (C=O) groups excluding carboxylic acids is 1. The number of aliphatic hydroxyl groups excluding tert-OH is 1. The third-order valence-electron chi connectivity index (χ3n) is 8.22. The second-order valence-electron chi connectivity index (χ2n) is 10.8. The molecule has 1 aromatic heterocycles. The number of benzene rings is 2. The summed E-state index contributed by atoms with van der Waals surface area (Å²) in [5.74, 6) is 1.19. The van der Waals surface area contributed by atoms with Gasteiger partial charge < -0.3 is 20.1 Å². The molecule has 2 aromatic carbocycles. The third kappa shape index (κ3) is 5.33. The Morgan fingerprint density at radius 3 is 2.62 bits per heavy atom. The first-order valence-corrected chi connectivity index (χ1v) is 13.8. The van der Waals surface area contributed by atoms with Gasteiger partial charge in [-0.3, -0.25) is 4.79 Å². The van der Waals surface area contributed by atoms with Crippen molar-refractivity contribution in [1.82, 2.24) is 14.9 Å². The van der Waals surface area contributed by atoms with E-state index in [1.807, 2.05) is 6.07 Å². The second kappa shape index (κ2) is 11.6. The summed E-state index contributed by atoms with van der Waals surface area (Å²) in [6.07, 6.45) is 0.941. The molecule has 3 aromatic rings. The minimum atomic E-state index is -2.90. The Morgan fingerprint density at radius 1 is 1.20 bits per heavy atom. The summed E-state index contributed by atoms with van der Waals surface area (Å²) in [5.41, 5.74) is 2.36. The molecule has 1 fully saturated rings. The smallest absolute Gasteiger partial charge is 0.266 e. The average molecular weight is 557 g/mol. The van der Waals surface area contributed by atoms with Gasteiger partial charge in [-0.1, -0.05) is 18.2 Å². The number of anilines is 1. The zero-order valence-electron chi connectivity index (χ0n) is 23.0. The highest BCUT2D eigenvalue weighted by Crippen LogP contribution is 2.46. The molecule has 2 aliphatic rings. The topological polar surface area (TPSA) is 87.6 Å². The normalized spacial score (nSPS) is 19.4. The maximum absolute atomic E-state index is 14.9. The van der Waals surface area contributed by atoms with Crippen LogP contribution in [0.4, 0.5) is 19.0 Å². The fraction of sp³-hybridized carbons (Fsp3) is 0.500. The first-order chi connectivity index (χ1) is 19.2. The molecule has 0 bridgehead atoms. The Hall–Kier alpha value is -3.40. The maximum Gasteiger partial charge on any atom is 0.266 e. The lowest BCUT2D eigenvalue weighted by Crippen LogP contribution is -2.36. The third-order valence-corrected chi connectivity index (χ3v) is 8.22. The molecule has 2 heterocycles. The van der Waals surface area contributed by atoms with E-state index >= 15 is 0 Å². The number of ether oxygens (including phenoxy) is 1. The summed E-state index contributed by atoms with van der Waals surface area (Å²) < 4.78 is 47.7. The van der Waals surface area contributed by atoms with Crippen LogP contribution < -0.4 is 10.1 Å². The number of amides is 1. The first kappa shape index (κ1) is 28.1. The lowest BCUT2D eigenvalue weighted by Gasteiger charge is -2.31.